The maximum absolute atomic E-state index is 12.8. The van der Waals surface area contributed by atoms with E-state index in [-0.39, 0.29) is 17.1 Å². The minimum Gasteiger partial charge on any atom is -0.504 e. The van der Waals surface area contributed by atoms with Gasteiger partial charge in [0.2, 0.25) is 11.9 Å². The SMILES string of the molecule is Cc1cc(=O)n2c(n1)NC(N1CCC(Cc3ccccc3)CC1)=NC2c1ccc(O)c(O)c1. The Bertz CT molecular complexity index is 1250. The molecule has 1 aromatic heterocycles. The molecule has 1 unspecified atom stereocenters. The number of phenolic OH excluding ortho intramolecular Hbond substituents is 2. The molecule has 3 heterocycles. The summed E-state index contributed by atoms with van der Waals surface area (Å²) in [6, 6.07) is 16.5. The molecule has 8 heteroatoms. The lowest BCUT2D eigenvalue weighted by Gasteiger charge is -2.37. The largest absolute Gasteiger partial charge is 0.504 e. The Labute approximate surface area is 191 Å². The highest BCUT2D eigenvalue weighted by molar-refractivity contribution is 5.93. The second kappa shape index (κ2) is 8.61. The van der Waals surface area contributed by atoms with Crippen LogP contribution in [-0.4, -0.2) is 43.7 Å². The predicted molar refractivity (Wildman–Crippen MR) is 127 cm³/mol. The Morgan fingerprint density at radius 3 is 2.52 bits per heavy atom. The quantitative estimate of drug-likeness (QED) is 0.535. The van der Waals surface area contributed by atoms with Gasteiger partial charge in [0, 0.05) is 30.4 Å². The van der Waals surface area contributed by atoms with Gasteiger partial charge in [0.25, 0.3) is 5.56 Å². The molecule has 33 heavy (non-hydrogen) atoms. The van der Waals surface area contributed by atoms with Crippen molar-refractivity contribution in [1.29, 1.82) is 0 Å². The molecular formula is C25H27N5O3. The smallest absolute Gasteiger partial charge is 0.257 e. The number of nitrogens with zero attached hydrogens (tertiary/aromatic N) is 4. The van der Waals surface area contributed by atoms with Crippen LogP contribution in [0.15, 0.2) is 64.4 Å². The monoisotopic (exact) mass is 445 g/mol. The summed E-state index contributed by atoms with van der Waals surface area (Å²) in [5.74, 6) is 1.25. The van der Waals surface area contributed by atoms with Crippen LogP contribution >= 0.6 is 0 Å². The summed E-state index contributed by atoms with van der Waals surface area (Å²) < 4.78 is 1.48. The number of hydrogen-bond donors (Lipinski definition) is 3. The van der Waals surface area contributed by atoms with E-state index in [4.69, 9.17) is 4.99 Å². The average molecular weight is 446 g/mol. The van der Waals surface area contributed by atoms with Crippen molar-refractivity contribution in [3.8, 4) is 11.5 Å². The normalized spacial score (nSPS) is 18.4. The molecule has 0 saturated carbocycles. The van der Waals surface area contributed by atoms with E-state index in [0.29, 0.717) is 29.1 Å². The third-order valence-electron chi connectivity index (χ3n) is 6.37. The highest BCUT2D eigenvalue weighted by Crippen LogP contribution is 2.33. The molecule has 5 rings (SSSR count). The zero-order chi connectivity index (χ0) is 22.9. The lowest BCUT2D eigenvalue weighted by atomic mass is 9.90. The van der Waals surface area contributed by atoms with Gasteiger partial charge in [0.1, 0.15) is 0 Å². The van der Waals surface area contributed by atoms with Crippen molar-refractivity contribution in [3.63, 3.8) is 0 Å². The van der Waals surface area contributed by atoms with Gasteiger partial charge < -0.3 is 15.1 Å². The van der Waals surface area contributed by atoms with Crippen molar-refractivity contribution >= 4 is 11.9 Å². The molecule has 1 atom stereocenters. The van der Waals surface area contributed by atoms with Crippen molar-refractivity contribution < 1.29 is 10.2 Å². The minimum absolute atomic E-state index is 0.216. The number of hydrogen-bond acceptors (Lipinski definition) is 7. The number of phenols is 2. The van der Waals surface area contributed by atoms with Crippen LogP contribution in [0.2, 0.25) is 0 Å². The molecule has 0 aliphatic carbocycles. The molecule has 0 radical (unpaired) electrons. The summed E-state index contributed by atoms with van der Waals surface area (Å²) in [6.45, 7) is 3.49. The first-order valence-corrected chi connectivity index (χ1v) is 11.2. The molecule has 3 N–H and O–H groups in total. The van der Waals surface area contributed by atoms with Crippen molar-refractivity contribution in [1.82, 2.24) is 14.5 Å². The molecule has 2 aliphatic heterocycles. The van der Waals surface area contributed by atoms with Crippen LogP contribution in [0.5, 0.6) is 11.5 Å². The molecule has 8 nitrogen and oxygen atoms in total. The number of fused-ring (bicyclic) bond motifs is 1. The number of anilines is 1. The number of likely N-dealkylation sites (tertiary alicyclic amines) is 1. The Kier molecular flexibility index (Phi) is 5.50. The number of nitrogens with one attached hydrogen (secondary N) is 1. The van der Waals surface area contributed by atoms with Gasteiger partial charge in [-0.2, -0.15) is 0 Å². The van der Waals surface area contributed by atoms with Crippen molar-refractivity contribution in [2.75, 3.05) is 18.4 Å². The molecule has 2 aliphatic rings. The van der Waals surface area contributed by atoms with Crippen LogP contribution in [0.1, 0.15) is 35.8 Å². The van der Waals surface area contributed by atoms with E-state index in [1.807, 2.05) is 6.07 Å². The number of aryl methyl sites for hydroxylation is 1. The fraction of sp³-hybridized carbons (Fsp3) is 0.320. The zero-order valence-electron chi connectivity index (χ0n) is 18.5. The maximum Gasteiger partial charge on any atom is 0.257 e. The van der Waals surface area contributed by atoms with Crippen molar-refractivity contribution in [3.05, 3.63) is 81.8 Å². The summed E-state index contributed by atoms with van der Waals surface area (Å²) in [5.41, 5.74) is 2.35. The molecule has 2 aromatic carbocycles. The van der Waals surface area contributed by atoms with Gasteiger partial charge in [-0.15, -0.1) is 0 Å². The molecular weight excluding hydrogens is 418 g/mol. The topological polar surface area (TPSA) is 103 Å². The van der Waals surface area contributed by atoms with Crippen LogP contribution in [0.25, 0.3) is 0 Å². The fourth-order valence-corrected chi connectivity index (χ4v) is 4.62. The van der Waals surface area contributed by atoms with Crippen LogP contribution < -0.4 is 10.9 Å². The van der Waals surface area contributed by atoms with Gasteiger partial charge in [0.05, 0.1) is 0 Å². The Morgan fingerprint density at radius 2 is 1.79 bits per heavy atom. The van der Waals surface area contributed by atoms with E-state index in [0.717, 1.165) is 32.4 Å². The number of piperidine rings is 1. The molecule has 3 aromatic rings. The lowest BCUT2D eigenvalue weighted by molar-refractivity contribution is 0.262. The van der Waals surface area contributed by atoms with Gasteiger partial charge in [-0.1, -0.05) is 36.4 Å². The third kappa shape index (κ3) is 4.28. The Hall–Kier alpha value is -3.81. The molecule has 170 valence electrons. The van der Waals surface area contributed by atoms with E-state index in [1.54, 1.807) is 13.0 Å². The predicted octanol–water partition coefficient (Wildman–Crippen LogP) is 3.25. The number of rotatable bonds is 3. The lowest BCUT2D eigenvalue weighted by Crippen LogP contribution is -2.46. The standard InChI is InChI=1S/C25H27N5O3/c1-16-13-22(33)30-23(19-7-8-20(31)21(32)15-19)27-24(28-25(30)26-16)29-11-9-18(10-12-29)14-17-5-3-2-4-6-17/h2-8,13,15,18,23,31-32H,9-12,14H2,1H3,(H,26,27,28). The van der Waals surface area contributed by atoms with Crippen LogP contribution in [-0.2, 0) is 6.42 Å². The van der Waals surface area contributed by atoms with Gasteiger partial charge in [-0.05, 0) is 49.8 Å². The van der Waals surface area contributed by atoms with E-state index in [9.17, 15) is 15.0 Å². The Balaban J connectivity index is 1.41. The van der Waals surface area contributed by atoms with Crippen LogP contribution in [0, 0.1) is 12.8 Å². The molecule has 1 fully saturated rings. The number of aromatic nitrogens is 2. The molecule has 0 spiro atoms. The first-order valence-electron chi connectivity index (χ1n) is 11.2. The minimum atomic E-state index is -0.689. The number of aromatic hydroxyl groups is 2. The Morgan fingerprint density at radius 1 is 1.03 bits per heavy atom. The maximum atomic E-state index is 12.8. The number of benzene rings is 2. The van der Waals surface area contributed by atoms with Gasteiger partial charge >= 0.3 is 0 Å². The summed E-state index contributed by atoms with van der Waals surface area (Å²) >= 11 is 0. The second-order valence-electron chi connectivity index (χ2n) is 8.75. The van der Waals surface area contributed by atoms with E-state index >= 15 is 0 Å². The average Bonchev–Trinajstić information content (AvgIpc) is 2.81. The van der Waals surface area contributed by atoms with Gasteiger partial charge in [-0.25, -0.2) is 9.98 Å². The van der Waals surface area contributed by atoms with Gasteiger partial charge in [0.15, 0.2) is 17.7 Å². The number of guanidine groups is 1. The van der Waals surface area contributed by atoms with Crippen LogP contribution in [0.4, 0.5) is 5.95 Å². The summed E-state index contributed by atoms with van der Waals surface area (Å²) in [4.78, 5) is 24.4. The first kappa shape index (κ1) is 21.1. The molecule has 0 amide bonds. The highest BCUT2D eigenvalue weighted by atomic mass is 16.3. The van der Waals surface area contributed by atoms with Crippen molar-refractivity contribution in [2.45, 2.75) is 32.4 Å². The molecule has 0 bridgehead atoms. The summed E-state index contributed by atoms with van der Waals surface area (Å²) in [6.07, 6.45) is 2.48. The van der Waals surface area contributed by atoms with Gasteiger partial charge in [-0.3, -0.25) is 14.7 Å². The van der Waals surface area contributed by atoms with E-state index < -0.39 is 6.17 Å². The van der Waals surface area contributed by atoms with E-state index in [1.165, 1.54) is 28.3 Å². The summed E-state index contributed by atoms with van der Waals surface area (Å²) in [7, 11) is 0. The van der Waals surface area contributed by atoms with Crippen molar-refractivity contribution in [2.24, 2.45) is 10.9 Å². The molecule has 1 saturated heterocycles. The van der Waals surface area contributed by atoms with Crippen LogP contribution in [0.3, 0.4) is 0 Å². The zero-order valence-corrected chi connectivity index (χ0v) is 18.5. The second-order valence-corrected chi connectivity index (χ2v) is 8.75. The fourth-order valence-electron chi connectivity index (χ4n) is 4.62. The van der Waals surface area contributed by atoms with E-state index in [2.05, 4.69) is 39.5 Å². The number of aliphatic imine (C=N–C) groups is 1. The highest BCUT2D eigenvalue weighted by Gasteiger charge is 2.30. The third-order valence-corrected chi connectivity index (χ3v) is 6.37. The first-order chi connectivity index (χ1) is 16.0. The summed E-state index contributed by atoms with van der Waals surface area (Å²) in [5, 5.41) is 23.0.